The molecule has 1 aliphatic carbocycles. The van der Waals surface area contributed by atoms with Gasteiger partial charge in [0, 0.05) is 13.1 Å². The maximum atomic E-state index is 12.8. The van der Waals surface area contributed by atoms with Gasteiger partial charge in [-0.3, -0.25) is 4.79 Å². The van der Waals surface area contributed by atoms with Crippen LogP contribution in [0.15, 0.2) is 12.7 Å². The molecule has 0 spiro atoms. The Hall–Kier alpha value is -1.43. The van der Waals surface area contributed by atoms with Crippen LogP contribution >= 0.6 is 0 Å². The van der Waals surface area contributed by atoms with Crippen LogP contribution in [0.25, 0.3) is 0 Å². The lowest BCUT2D eigenvalue weighted by molar-refractivity contribution is -0.151. The third-order valence-electron chi connectivity index (χ3n) is 5.48. The van der Waals surface area contributed by atoms with Gasteiger partial charge >= 0.3 is 0 Å². The van der Waals surface area contributed by atoms with Crippen LogP contribution in [0.3, 0.4) is 0 Å². The first-order chi connectivity index (χ1) is 11.7. The Balaban J connectivity index is 1.51. The quantitative estimate of drug-likeness (QED) is 0.831. The molecule has 1 saturated carbocycles. The van der Waals surface area contributed by atoms with Gasteiger partial charge in [0.2, 0.25) is 0 Å². The second-order valence-electron chi connectivity index (χ2n) is 7.36. The van der Waals surface area contributed by atoms with Gasteiger partial charge in [-0.2, -0.15) is 5.10 Å². The highest BCUT2D eigenvalue weighted by Gasteiger charge is 2.31. The Morgan fingerprint density at radius 3 is 2.71 bits per heavy atom. The molecule has 2 aliphatic rings. The van der Waals surface area contributed by atoms with Crippen molar-refractivity contribution in [2.75, 3.05) is 13.1 Å². The van der Waals surface area contributed by atoms with Gasteiger partial charge in [0.25, 0.3) is 5.91 Å². The van der Waals surface area contributed by atoms with Crippen molar-refractivity contribution in [3.05, 3.63) is 12.7 Å². The molecule has 0 bridgehead atoms. The average Bonchev–Trinajstić information content (AvgIpc) is 3.14. The zero-order valence-electron chi connectivity index (χ0n) is 14.9. The summed E-state index contributed by atoms with van der Waals surface area (Å²) in [6.45, 7) is 5.90. The minimum Gasteiger partial charge on any atom is -0.365 e. The molecule has 0 aromatic carbocycles. The highest BCUT2D eigenvalue weighted by molar-refractivity contribution is 5.81. The van der Waals surface area contributed by atoms with Crippen molar-refractivity contribution in [3.8, 4) is 0 Å². The molecule has 3 rings (SSSR count). The van der Waals surface area contributed by atoms with Crippen molar-refractivity contribution in [3.63, 3.8) is 0 Å². The molecule has 1 aromatic rings. The molecule has 0 unspecified atom stereocenters. The molecule has 1 aromatic heterocycles. The predicted octanol–water partition coefficient (Wildman–Crippen LogP) is 2.82. The van der Waals surface area contributed by atoms with E-state index in [0.29, 0.717) is 6.04 Å². The summed E-state index contributed by atoms with van der Waals surface area (Å²) in [5.74, 6) is 0.891. The maximum Gasteiger partial charge on any atom is 0.251 e. The number of hydrogen-bond donors (Lipinski definition) is 0. The van der Waals surface area contributed by atoms with Gasteiger partial charge in [0.05, 0.1) is 12.1 Å². The van der Waals surface area contributed by atoms with Crippen LogP contribution < -0.4 is 0 Å². The topological polar surface area (TPSA) is 60.2 Å². The summed E-state index contributed by atoms with van der Waals surface area (Å²) >= 11 is 0. The van der Waals surface area contributed by atoms with Gasteiger partial charge < -0.3 is 9.64 Å². The summed E-state index contributed by atoms with van der Waals surface area (Å²) in [4.78, 5) is 18.8. The fourth-order valence-electron chi connectivity index (χ4n) is 4.02. The number of hydrogen-bond acceptors (Lipinski definition) is 4. The van der Waals surface area contributed by atoms with Crippen LogP contribution in [0.4, 0.5) is 0 Å². The number of piperidine rings is 1. The van der Waals surface area contributed by atoms with Crippen LogP contribution in [0.2, 0.25) is 0 Å². The highest BCUT2D eigenvalue weighted by atomic mass is 16.5. The van der Waals surface area contributed by atoms with Crippen LogP contribution in [0, 0.1) is 5.92 Å². The normalized spacial score (nSPS) is 27.2. The average molecular weight is 334 g/mol. The van der Waals surface area contributed by atoms with Crippen LogP contribution in [0.5, 0.6) is 0 Å². The molecule has 2 heterocycles. The highest BCUT2D eigenvalue weighted by Crippen LogP contribution is 2.28. The molecule has 2 fully saturated rings. The van der Waals surface area contributed by atoms with E-state index in [1.165, 1.54) is 12.8 Å². The van der Waals surface area contributed by atoms with E-state index in [1.54, 1.807) is 12.7 Å². The third-order valence-corrected chi connectivity index (χ3v) is 5.48. The smallest absolute Gasteiger partial charge is 0.251 e. The van der Waals surface area contributed by atoms with Crippen molar-refractivity contribution in [2.45, 2.75) is 77.0 Å². The molecule has 0 N–H and O–H groups in total. The minimum atomic E-state index is -0.275. The summed E-state index contributed by atoms with van der Waals surface area (Å²) in [7, 11) is 0. The van der Waals surface area contributed by atoms with E-state index in [0.717, 1.165) is 51.1 Å². The molecule has 0 radical (unpaired) electrons. The van der Waals surface area contributed by atoms with Gasteiger partial charge in [-0.25, -0.2) is 9.67 Å². The molecule has 24 heavy (non-hydrogen) atoms. The fraction of sp³-hybridized carbons (Fsp3) is 0.833. The summed E-state index contributed by atoms with van der Waals surface area (Å²) in [5.41, 5.74) is 0. The minimum absolute atomic E-state index is 0.174. The number of aromatic nitrogens is 3. The Morgan fingerprint density at radius 2 is 2.08 bits per heavy atom. The lowest BCUT2D eigenvalue weighted by Gasteiger charge is -2.36. The van der Waals surface area contributed by atoms with E-state index in [4.69, 9.17) is 4.74 Å². The largest absolute Gasteiger partial charge is 0.365 e. The summed E-state index contributed by atoms with van der Waals surface area (Å²) in [6, 6.07) is 0.358. The van der Waals surface area contributed by atoms with Crippen molar-refractivity contribution < 1.29 is 9.53 Å². The predicted molar refractivity (Wildman–Crippen MR) is 91.5 cm³/mol. The zero-order valence-corrected chi connectivity index (χ0v) is 14.9. The standard InChI is InChI=1S/C18H30N4O2/c1-3-17(24-16-6-4-5-14(2)11-16)18(23)21-9-7-15(8-10-21)22-13-19-12-20-22/h12-17H,3-11H2,1-2H3/t14-,16+,17-/m0/s1. The van der Waals surface area contributed by atoms with Crippen molar-refractivity contribution in [2.24, 2.45) is 5.92 Å². The molecule has 6 nitrogen and oxygen atoms in total. The van der Waals surface area contributed by atoms with E-state index in [-0.39, 0.29) is 18.1 Å². The molecule has 1 aliphatic heterocycles. The van der Waals surface area contributed by atoms with Crippen molar-refractivity contribution in [1.29, 1.82) is 0 Å². The molecule has 1 saturated heterocycles. The fourth-order valence-corrected chi connectivity index (χ4v) is 4.02. The van der Waals surface area contributed by atoms with E-state index in [1.807, 2.05) is 9.58 Å². The second kappa shape index (κ2) is 8.10. The number of carbonyl (C=O) groups excluding carboxylic acids is 1. The van der Waals surface area contributed by atoms with Crippen molar-refractivity contribution >= 4 is 5.91 Å². The molecule has 134 valence electrons. The summed E-state index contributed by atoms with van der Waals surface area (Å²) < 4.78 is 8.12. The molecule has 1 amide bonds. The Morgan fingerprint density at radius 1 is 1.29 bits per heavy atom. The molecule has 3 atom stereocenters. The Bertz CT molecular complexity index is 511. The molecule has 6 heteroatoms. The van der Waals surface area contributed by atoms with E-state index in [9.17, 15) is 4.79 Å². The van der Waals surface area contributed by atoms with Gasteiger partial charge in [-0.15, -0.1) is 0 Å². The van der Waals surface area contributed by atoms with Crippen LogP contribution in [-0.2, 0) is 9.53 Å². The van der Waals surface area contributed by atoms with Crippen LogP contribution in [0.1, 0.15) is 64.8 Å². The third kappa shape index (κ3) is 4.15. The van der Waals surface area contributed by atoms with E-state index >= 15 is 0 Å². The zero-order chi connectivity index (χ0) is 16.9. The summed E-state index contributed by atoms with van der Waals surface area (Å²) in [5, 5.41) is 4.22. The van der Waals surface area contributed by atoms with E-state index < -0.39 is 0 Å². The summed E-state index contributed by atoms with van der Waals surface area (Å²) in [6.07, 6.45) is 10.7. The Labute approximate surface area is 144 Å². The van der Waals surface area contributed by atoms with Gasteiger partial charge in [-0.1, -0.05) is 26.7 Å². The van der Waals surface area contributed by atoms with Gasteiger partial charge in [0.15, 0.2) is 0 Å². The van der Waals surface area contributed by atoms with Gasteiger partial charge in [0.1, 0.15) is 18.8 Å². The van der Waals surface area contributed by atoms with E-state index in [2.05, 4.69) is 23.9 Å². The molecular weight excluding hydrogens is 304 g/mol. The first-order valence-electron chi connectivity index (χ1n) is 9.45. The molecular formula is C18H30N4O2. The monoisotopic (exact) mass is 334 g/mol. The Kier molecular flexibility index (Phi) is 5.87. The number of likely N-dealkylation sites (tertiary alicyclic amines) is 1. The number of rotatable bonds is 5. The maximum absolute atomic E-state index is 12.8. The number of amides is 1. The first kappa shape index (κ1) is 17.4. The van der Waals surface area contributed by atoms with Crippen molar-refractivity contribution in [1.82, 2.24) is 19.7 Å². The second-order valence-corrected chi connectivity index (χ2v) is 7.36. The number of ether oxygens (including phenoxy) is 1. The lowest BCUT2D eigenvalue weighted by atomic mass is 9.88. The van der Waals surface area contributed by atoms with Crippen LogP contribution in [-0.4, -0.2) is 50.9 Å². The number of carbonyl (C=O) groups is 1. The first-order valence-corrected chi connectivity index (χ1v) is 9.45. The van der Waals surface area contributed by atoms with Gasteiger partial charge in [-0.05, 0) is 38.0 Å². The number of nitrogens with zero attached hydrogens (tertiary/aromatic N) is 4. The lowest BCUT2D eigenvalue weighted by Crippen LogP contribution is -2.46. The SMILES string of the molecule is CC[C@H](O[C@@H]1CCC[C@H](C)C1)C(=O)N1CCC(n2cncn2)CC1.